The molecule has 3 saturated carbocycles. The van der Waals surface area contributed by atoms with Crippen molar-refractivity contribution in [1.29, 1.82) is 0 Å². The van der Waals surface area contributed by atoms with Crippen LogP contribution in [0.5, 0.6) is 0 Å². The van der Waals surface area contributed by atoms with E-state index in [9.17, 15) is 4.79 Å². The maximum absolute atomic E-state index is 13.4. The fourth-order valence-corrected chi connectivity index (χ4v) is 10.0. The van der Waals surface area contributed by atoms with Gasteiger partial charge in [-0.05, 0) is 90.8 Å². The van der Waals surface area contributed by atoms with E-state index < -0.39 is 0 Å². The normalized spacial score (nSPS) is 44.3. The molecule has 38 heavy (non-hydrogen) atoms. The van der Waals surface area contributed by atoms with Gasteiger partial charge in [0.15, 0.2) is 0 Å². The number of rotatable bonds is 9. The standard InChI is InChI=1S/C32H56O6/c1-18(2)19(3)28(36-9)29(37-10)20(4)22-11-12-23-21-17-38-30(33)25-15-26(34-7)27(35-8)16-32(25,6)24(21)13-14-31(22,23)5/h18-29H,11-17H2,1-10H3/t19-,20-,21-,22+,23-,24-,25+,26-,27+,28+,29+,31+,32+/m0/s1. The number of hydrogen-bond acceptors (Lipinski definition) is 6. The van der Waals surface area contributed by atoms with E-state index in [0.717, 1.165) is 12.8 Å². The van der Waals surface area contributed by atoms with Crippen LogP contribution in [-0.4, -0.2) is 65.4 Å². The minimum atomic E-state index is -0.123. The number of ether oxygens (including phenoxy) is 5. The number of hydrogen-bond donors (Lipinski definition) is 0. The Morgan fingerprint density at radius 1 is 0.842 bits per heavy atom. The van der Waals surface area contributed by atoms with Crippen LogP contribution in [0.3, 0.4) is 0 Å². The predicted octanol–water partition coefficient (Wildman–Crippen LogP) is 6.01. The van der Waals surface area contributed by atoms with E-state index in [0.29, 0.717) is 54.5 Å². The molecule has 0 amide bonds. The third kappa shape index (κ3) is 4.88. The van der Waals surface area contributed by atoms with Gasteiger partial charge < -0.3 is 23.7 Å². The number of carbonyl (C=O) groups excluding carboxylic acids is 1. The Morgan fingerprint density at radius 2 is 1.47 bits per heavy atom. The fraction of sp³-hybridized carbons (Fsp3) is 0.969. The second kappa shape index (κ2) is 11.7. The summed E-state index contributed by atoms with van der Waals surface area (Å²) in [6.45, 7) is 14.7. The lowest BCUT2D eigenvalue weighted by atomic mass is 9.48. The van der Waals surface area contributed by atoms with Crippen molar-refractivity contribution in [1.82, 2.24) is 0 Å². The van der Waals surface area contributed by atoms with Gasteiger partial charge in [0.05, 0.1) is 36.9 Å². The minimum absolute atomic E-state index is 0.0202. The molecule has 220 valence electrons. The molecule has 4 fully saturated rings. The summed E-state index contributed by atoms with van der Waals surface area (Å²) in [5, 5.41) is 0. The Labute approximate surface area is 232 Å². The molecule has 0 aromatic heterocycles. The second-order valence-electron chi connectivity index (χ2n) is 14.1. The fourth-order valence-electron chi connectivity index (χ4n) is 10.0. The van der Waals surface area contributed by atoms with Crippen LogP contribution in [0.2, 0.25) is 0 Å². The van der Waals surface area contributed by atoms with Crippen LogP contribution in [0.25, 0.3) is 0 Å². The number of cyclic esters (lactones) is 1. The Balaban J connectivity index is 1.60. The first-order chi connectivity index (χ1) is 18.0. The summed E-state index contributed by atoms with van der Waals surface area (Å²) in [6.07, 6.45) is 6.42. The highest BCUT2D eigenvalue weighted by atomic mass is 16.5. The van der Waals surface area contributed by atoms with Crippen LogP contribution in [0.15, 0.2) is 0 Å². The van der Waals surface area contributed by atoms with Gasteiger partial charge in [0.1, 0.15) is 0 Å². The van der Waals surface area contributed by atoms with E-state index >= 15 is 0 Å². The average molecular weight is 537 g/mol. The lowest BCUT2D eigenvalue weighted by molar-refractivity contribution is -0.167. The summed E-state index contributed by atoms with van der Waals surface area (Å²) in [5.41, 5.74) is 0.0889. The van der Waals surface area contributed by atoms with E-state index in [1.165, 1.54) is 19.3 Å². The molecular weight excluding hydrogens is 480 g/mol. The maximum atomic E-state index is 13.4. The Kier molecular flexibility index (Phi) is 9.29. The lowest BCUT2D eigenvalue weighted by Crippen LogP contribution is -2.55. The van der Waals surface area contributed by atoms with Gasteiger partial charge in [-0.2, -0.15) is 0 Å². The lowest BCUT2D eigenvalue weighted by Gasteiger charge is -2.56. The van der Waals surface area contributed by atoms with Crippen molar-refractivity contribution in [3.63, 3.8) is 0 Å². The number of methoxy groups -OCH3 is 4. The largest absolute Gasteiger partial charge is 0.465 e. The van der Waals surface area contributed by atoms with E-state index in [1.807, 2.05) is 14.2 Å². The molecular formula is C32H56O6. The molecule has 4 rings (SSSR count). The predicted molar refractivity (Wildman–Crippen MR) is 149 cm³/mol. The van der Waals surface area contributed by atoms with Crippen LogP contribution in [0.1, 0.15) is 80.1 Å². The molecule has 4 aliphatic rings. The number of fused-ring (bicyclic) bond motifs is 5. The van der Waals surface area contributed by atoms with Crippen molar-refractivity contribution in [3.8, 4) is 0 Å². The van der Waals surface area contributed by atoms with Crippen molar-refractivity contribution in [2.75, 3.05) is 35.0 Å². The monoisotopic (exact) mass is 536 g/mol. The molecule has 0 spiro atoms. The van der Waals surface area contributed by atoms with E-state index in [-0.39, 0.29) is 47.1 Å². The highest BCUT2D eigenvalue weighted by molar-refractivity contribution is 5.74. The topological polar surface area (TPSA) is 63.2 Å². The van der Waals surface area contributed by atoms with Crippen LogP contribution in [0, 0.1) is 58.2 Å². The summed E-state index contributed by atoms with van der Waals surface area (Å²) >= 11 is 0. The summed E-state index contributed by atoms with van der Waals surface area (Å²) in [6, 6.07) is 0. The van der Waals surface area contributed by atoms with Gasteiger partial charge in [-0.15, -0.1) is 0 Å². The zero-order valence-corrected chi connectivity index (χ0v) is 25.8. The quantitative estimate of drug-likeness (QED) is 0.337. The van der Waals surface area contributed by atoms with Crippen molar-refractivity contribution >= 4 is 5.97 Å². The van der Waals surface area contributed by atoms with Crippen LogP contribution < -0.4 is 0 Å². The Morgan fingerprint density at radius 3 is 2.05 bits per heavy atom. The van der Waals surface area contributed by atoms with Crippen LogP contribution >= 0.6 is 0 Å². The third-order valence-corrected chi connectivity index (χ3v) is 12.6. The van der Waals surface area contributed by atoms with Gasteiger partial charge in [-0.3, -0.25) is 4.79 Å². The van der Waals surface area contributed by atoms with E-state index in [1.54, 1.807) is 14.2 Å². The van der Waals surface area contributed by atoms with Gasteiger partial charge in [-0.1, -0.05) is 41.5 Å². The second-order valence-corrected chi connectivity index (χ2v) is 14.1. The molecule has 0 N–H and O–H groups in total. The zero-order valence-electron chi connectivity index (χ0n) is 25.8. The summed E-state index contributed by atoms with van der Waals surface area (Å²) in [4.78, 5) is 13.4. The van der Waals surface area contributed by atoms with Gasteiger partial charge in [0.25, 0.3) is 0 Å². The molecule has 1 aliphatic heterocycles. The van der Waals surface area contributed by atoms with Gasteiger partial charge >= 0.3 is 5.97 Å². The third-order valence-electron chi connectivity index (χ3n) is 12.6. The summed E-state index contributed by atoms with van der Waals surface area (Å²) in [5.74, 6) is 3.19. The van der Waals surface area contributed by atoms with Gasteiger partial charge in [0.2, 0.25) is 0 Å². The molecule has 0 unspecified atom stereocenters. The molecule has 0 aromatic rings. The summed E-state index contributed by atoms with van der Waals surface area (Å²) < 4.78 is 30.1. The number of esters is 1. The highest BCUT2D eigenvalue weighted by Crippen LogP contribution is 2.66. The minimum Gasteiger partial charge on any atom is -0.465 e. The zero-order chi connectivity index (χ0) is 28.0. The SMILES string of the molecule is CO[C@H]([C@@H](C)[C@H]1CC[C@H]2[C@@H]3COC(=O)[C@H]4C[C@H](OC)[C@H](OC)C[C@]4(C)[C@H]3CC[C@]12C)[C@H](OC)[C@@H](C)C(C)C. The Hall–Kier alpha value is -0.690. The molecule has 0 radical (unpaired) electrons. The average Bonchev–Trinajstić information content (AvgIpc) is 3.20. The first-order valence-electron chi connectivity index (χ1n) is 15.3. The summed E-state index contributed by atoms with van der Waals surface area (Å²) in [7, 11) is 7.22. The molecule has 3 aliphatic carbocycles. The molecule has 0 aromatic carbocycles. The van der Waals surface area contributed by atoms with Gasteiger partial charge in [0, 0.05) is 28.4 Å². The first kappa shape index (κ1) is 30.3. The highest BCUT2D eigenvalue weighted by Gasteiger charge is 2.63. The Bertz CT molecular complexity index is 816. The smallest absolute Gasteiger partial charge is 0.309 e. The molecule has 1 heterocycles. The van der Waals surface area contributed by atoms with E-state index in [2.05, 4.69) is 41.5 Å². The molecule has 6 heteroatoms. The molecule has 0 bridgehead atoms. The van der Waals surface area contributed by atoms with Crippen molar-refractivity contribution in [3.05, 3.63) is 0 Å². The van der Waals surface area contributed by atoms with Crippen molar-refractivity contribution < 1.29 is 28.5 Å². The first-order valence-corrected chi connectivity index (χ1v) is 15.3. The molecule has 13 atom stereocenters. The van der Waals surface area contributed by atoms with Crippen molar-refractivity contribution in [2.24, 2.45) is 58.2 Å². The molecule has 6 nitrogen and oxygen atoms in total. The van der Waals surface area contributed by atoms with Gasteiger partial charge in [-0.25, -0.2) is 0 Å². The van der Waals surface area contributed by atoms with E-state index in [4.69, 9.17) is 23.7 Å². The maximum Gasteiger partial charge on any atom is 0.309 e. The van der Waals surface area contributed by atoms with Crippen molar-refractivity contribution in [2.45, 2.75) is 104 Å². The number of carbonyl (C=O) groups is 1. The van der Waals surface area contributed by atoms with Crippen LogP contribution in [0.4, 0.5) is 0 Å². The molecule has 1 saturated heterocycles. The van der Waals surface area contributed by atoms with Crippen LogP contribution in [-0.2, 0) is 28.5 Å².